The van der Waals surface area contributed by atoms with E-state index in [1.54, 1.807) is 0 Å². The highest BCUT2D eigenvalue weighted by atomic mass is 127. The van der Waals surface area contributed by atoms with Crippen molar-refractivity contribution in [3.8, 4) is 5.75 Å². The Morgan fingerprint density at radius 2 is 1.83 bits per heavy atom. The van der Waals surface area contributed by atoms with Crippen molar-refractivity contribution < 1.29 is 22.7 Å². The van der Waals surface area contributed by atoms with Crippen molar-refractivity contribution >= 4 is 64.7 Å². The van der Waals surface area contributed by atoms with Crippen LogP contribution in [0.5, 0.6) is 5.75 Å². The Morgan fingerprint density at radius 1 is 1.14 bits per heavy atom. The van der Waals surface area contributed by atoms with Gasteiger partial charge in [0.25, 0.3) is 5.91 Å². The molecular formula is C17H16Cl2F3IN4O2. The summed E-state index contributed by atoms with van der Waals surface area (Å²) < 4.78 is 41.1. The van der Waals surface area contributed by atoms with Crippen molar-refractivity contribution in [2.75, 3.05) is 18.4 Å². The van der Waals surface area contributed by atoms with Crippen LogP contribution in [-0.2, 0) is 0 Å². The van der Waals surface area contributed by atoms with Gasteiger partial charge in [-0.25, -0.2) is 0 Å². The quantitative estimate of drug-likeness (QED) is 0.207. The summed E-state index contributed by atoms with van der Waals surface area (Å²) in [6.07, 6.45) is -4.83. The monoisotopic (exact) mass is 562 g/mol. The summed E-state index contributed by atoms with van der Waals surface area (Å²) >= 11 is 11.6. The maximum Gasteiger partial charge on any atom is 0.573 e. The molecule has 0 radical (unpaired) electrons. The van der Waals surface area contributed by atoms with E-state index in [9.17, 15) is 18.0 Å². The van der Waals surface area contributed by atoms with Gasteiger partial charge in [-0.2, -0.15) is 0 Å². The molecule has 1 amide bonds. The SMILES string of the molecule is I.NC(=NCCNC(=O)c1ccc(Cl)c(Cl)c1)Nc1ccccc1OC(F)(F)F. The smallest absolute Gasteiger partial charge is 0.404 e. The Labute approximate surface area is 191 Å². The van der Waals surface area contributed by atoms with Crippen LogP contribution in [0.4, 0.5) is 18.9 Å². The fourth-order valence-corrected chi connectivity index (χ4v) is 2.34. The molecule has 2 rings (SSSR count). The van der Waals surface area contributed by atoms with Crippen LogP contribution in [0.1, 0.15) is 10.4 Å². The van der Waals surface area contributed by atoms with Gasteiger partial charge >= 0.3 is 6.36 Å². The average molecular weight is 563 g/mol. The first-order valence-electron chi connectivity index (χ1n) is 7.80. The van der Waals surface area contributed by atoms with Gasteiger partial charge in [0, 0.05) is 12.1 Å². The number of aliphatic imine (C=N–C) groups is 1. The first-order chi connectivity index (χ1) is 13.2. The average Bonchev–Trinajstić information content (AvgIpc) is 2.61. The number of carbonyl (C=O) groups excluding carboxylic acids is 1. The molecule has 0 unspecified atom stereocenters. The molecule has 0 spiro atoms. The number of rotatable bonds is 6. The Balaban J connectivity index is 0.00000420. The third-order valence-electron chi connectivity index (χ3n) is 3.24. The number of anilines is 1. The maximum atomic E-state index is 12.4. The number of nitrogens with two attached hydrogens (primary N) is 1. The third-order valence-corrected chi connectivity index (χ3v) is 3.98. The van der Waals surface area contributed by atoms with Crippen LogP contribution in [0.2, 0.25) is 10.0 Å². The summed E-state index contributed by atoms with van der Waals surface area (Å²) in [6, 6.07) is 9.83. The van der Waals surface area contributed by atoms with Gasteiger partial charge in [-0.1, -0.05) is 35.3 Å². The van der Waals surface area contributed by atoms with Gasteiger partial charge in [0.2, 0.25) is 0 Å². The van der Waals surface area contributed by atoms with Gasteiger partial charge in [-0.05, 0) is 30.3 Å². The summed E-state index contributed by atoms with van der Waals surface area (Å²) in [7, 11) is 0. The standard InChI is InChI=1S/C17H15Cl2F3N4O2.HI/c18-11-6-5-10(9-12(11)19)15(27)24-7-8-25-16(23)26-13-3-1-2-4-14(13)28-17(20,21)22;/h1-6,9H,7-8H2,(H,24,27)(H3,23,25,26);1H. The molecule has 0 saturated heterocycles. The van der Waals surface area contributed by atoms with Crippen LogP contribution in [0, 0.1) is 0 Å². The molecule has 0 atom stereocenters. The number of para-hydroxylation sites is 2. The zero-order chi connectivity index (χ0) is 20.7. The van der Waals surface area contributed by atoms with Crippen molar-refractivity contribution in [2.45, 2.75) is 6.36 Å². The molecule has 0 fully saturated rings. The molecule has 0 bridgehead atoms. The van der Waals surface area contributed by atoms with Crippen LogP contribution >= 0.6 is 47.2 Å². The van der Waals surface area contributed by atoms with Crippen molar-refractivity contribution in [3.05, 3.63) is 58.1 Å². The number of benzene rings is 2. The zero-order valence-electron chi connectivity index (χ0n) is 14.6. The maximum absolute atomic E-state index is 12.4. The van der Waals surface area contributed by atoms with Crippen molar-refractivity contribution in [1.29, 1.82) is 0 Å². The predicted molar refractivity (Wildman–Crippen MR) is 117 cm³/mol. The lowest BCUT2D eigenvalue weighted by Crippen LogP contribution is -2.28. The van der Waals surface area contributed by atoms with E-state index in [0.717, 1.165) is 6.07 Å². The minimum Gasteiger partial charge on any atom is -0.404 e. The normalized spacial score (nSPS) is 11.4. The highest BCUT2D eigenvalue weighted by Gasteiger charge is 2.32. The molecular weight excluding hydrogens is 547 g/mol. The molecule has 0 heterocycles. The third kappa shape index (κ3) is 8.54. The number of nitrogens with one attached hydrogen (secondary N) is 2. The van der Waals surface area contributed by atoms with Gasteiger partial charge in [0.05, 0.1) is 22.3 Å². The molecule has 0 aliphatic rings. The number of alkyl halides is 3. The number of hydrogen-bond donors (Lipinski definition) is 3. The van der Waals surface area contributed by atoms with Gasteiger partial charge in [0.1, 0.15) is 0 Å². The summed E-state index contributed by atoms with van der Waals surface area (Å²) in [5, 5.41) is 5.71. The van der Waals surface area contributed by atoms with Gasteiger partial charge in [-0.15, -0.1) is 37.1 Å². The van der Waals surface area contributed by atoms with Gasteiger partial charge in [0.15, 0.2) is 11.7 Å². The predicted octanol–water partition coefficient (Wildman–Crippen LogP) is 4.67. The Kier molecular flexibility index (Phi) is 9.80. The number of carbonyl (C=O) groups is 1. The van der Waals surface area contributed by atoms with Gasteiger partial charge in [-0.3, -0.25) is 9.79 Å². The number of nitrogens with zero attached hydrogens (tertiary/aromatic N) is 1. The fourth-order valence-electron chi connectivity index (χ4n) is 2.05. The molecule has 4 N–H and O–H groups in total. The molecule has 29 heavy (non-hydrogen) atoms. The van der Waals surface area contributed by atoms with E-state index in [4.69, 9.17) is 28.9 Å². The summed E-state index contributed by atoms with van der Waals surface area (Å²) in [5.74, 6) is -0.965. The summed E-state index contributed by atoms with van der Waals surface area (Å²) in [4.78, 5) is 15.9. The van der Waals surface area contributed by atoms with Gasteiger partial charge < -0.3 is 21.1 Å². The van der Waals surface area contributed by atoms with Crippen LogP contribution in [-0.4, -0.2) is 31.3 Å². The molecule has 0 aliphatic carbocycles. The molecule has 12 heteroatoms. The van der Waals surface area contributed by atoms with E-state index in [1.165, 1.54) is 36.4 Å². The van der Waals surface area contributed by atoms with Crippen LogP contribution in [0.15, 0.2) is 47.5 Å². The van der Waals surface area contributed by atoms with E-state index < -0.39 is 12.1 Å². The fraction of sp³-hybridized carbons (Fsp3) is 0.176. The number of halogens is 6. The van der Waals surface area contributed by atoms with E-state index in [-0.39, 0.29) is 59.6 Å². The molecule has 2 aromatic rings. The zero-order valence-corrected chi connectivity index (χ0v) is 18.4. The minimum absolute atomic E-state index is 0. The highest BCUT2D eigenvalue weighted by molar-refractivity contribution is 14.0. The Bertz CT molecular complexity index is 882. The van der Waals surface area contributed by atoms with Crippen LogP contribution in [0.3, 0.4) is 0 Å². The first kappa shape index (κ1) is 25.1. The summed E-state index contributed by atoms with van der Waals surface area (Å²) in [5.41, 5.74) is 5.98. The molecule has 0 aromatic heterocycles. The van der Waals surface area contributed by atoms with E-state index >= 15 is 0 Å². The van der Waals surface area contributed by atoms with Crippen molar-refractivity contribution in [1.82, 2.24) is 5.32 Å². The lowest BCUT2D eigenvalue weighted by Gasteiger charge is -2.14. The molecule has 6 nitrogen and oxygen atoms in total. The topological polar surface area (TPSA) is 88.7 Å². The minimum atomic E-state index is -4.83. The first-order valence-corrected chi connectivity index (χ1v) is 8.56. The Hall–Kier alpha value is -1.92. The Morgan fingerprint density at radius 3 is 2.48 bits per heavy atom. The van der Waals surface area contributed by atoms with Crippen LogP contribution in [0.25, 0.3) is 0 Å². The van der Waals surface area contributed by atoms with Crippen LogP contribution < -0.4 is 21.1 Å². The van der Waals surface area contributed by atoms with E-state index in [0.29, 0.717) is 10.6 Å². The van der Waals surface area contributed by atoms with E-state index in [1.807, 2.05) is 0 Å². The number of guanidine groups is 1. The second-order valence-electron chi connectivity index (χ2n) is 5.32. The lowest BCUT2D eigenvalue weighted by molar-refractivity contribution is -0.274. The highest BCUT2D eigenvalue weighted by Crippen LogP contribution is 2.29. The second-order valence-corrected chi connectivity index (χ2v) is 6.14. The molecule has 0 saturated carbocycles. The van der Waals surface area contributed by atoms with E-state index in [2.05, 4.69) is 20.4 Å². The number of hydrogen-bond acceptors (Lipinski definition) is 3. The summed E-state index contributed by atoms with van der Waals surface area (Å²) in [6.45, 7) is 0.232. The molecule has 158 valence electrons. The van der Waals surface area contributed by atoms with Crippen molar-refractivity contribution in [3.63, 3.8) is 0 Å². The largest absolute Gasteiger partial charge is 0.573 e. The number of ether oxygens (including phenoxy) is 1. The molecule has 2 aromatic carbocycles. The van der Waals surface area contributed by atoms with Crippen molar-refractivity contribution in [2.24, 2.45) is 10.7 Å². The molecule has 0 aliphatic heterocycles. The second kappa shape index (κ2) is 11.3. The number of amides is 1. The lowest BCUT2D eigenvalue weighted by atomic mass is 10.2.